The summed E-state index contributed by atoms with van der Waals surface area (Å²) in [5, 5.41) is 6.86. The van der Waals surface area contributed by atoms with Crippen LogP contribution in [0.1, 0.15) is 12.8 Å². The van der Waals surface area contributed by atoms with Crippen LogP contribution in [0.15, 0.2) is 42.7 Å². The second-order valence-corrected chi connectivity index (χ2v) is 4.50. The molecule has 0 saturated carbocycles. The second-order valence-electron chi connectivity index (χ2n) is 4.50. The average Bonchev–Trinajstić information content (AvgIpc) is 2.99. The van der Waals surface area contributed by atoms with Crippen LogP contribution >= 0.6 is 0 Å². The summed E-state index contributed by atoms with van der Waals surface area (Å²) >= 11 is 0. The predicted octanol–water partition coefficient (Wildman–Crippen LogP) is 2.00. The maximum Gasteiger partial charge on any atom is 0.223 e. The highest BCUT2D eigenvalue weighted by Gasteiger charge is 2.04. The molecule has 0 radical (unpaired) electrons. The zero-order valence-corrected chi connectivity index (χ0v) is 11.7. The topological polar surface area (TPSA) is 56.1 Å². The summed E-state index contributed by atoms with van der Waals surface area (Å²) in [6.45, 7) is 1.50. The molecule has 1 amide bonds. The lowest BCUT2D eigenvalue weighted by Crippen LogP contribution is -2.26. The number of hydrogen-bond donors (Lipinski definition) is 1. The maximum absolute atomic E-state index is 13.3. The van der Waals surface area contributed by atoms with Crippen molar-refractivity contribution in [3.8, 4) is 5.75 Å². The molecule has 6 heteroatoms. The van der Waals surface area contributed by atoms with Gasteiger partial charge in [0.05, 0.1) is 13.0 Å². The zero-order chi connectivity index (χ0) is 14.9. The van der Waals surface area contributed by atoms with Crippen molar-refractivity contribution in [2.75, 3.05) is 13.2 Å². The van der Waals surface area contributed by atoms with E-state index >= 15 is 0 Å². The van der Waals surface area contributed by atoms with Crippen LogP contribution in [0.2, 0.25) is 0 Å². The monoisotopic (exact) mass is 291 g/mol. The highest BCUT2D eigenvalue weighted by molar-refractivity contribution is 5.75. The lowest BCUT2D eigenvalue weighted by Gasteiger charge is -2.08. The molecule has 0 unspecified atom stereocenters. The van der Waals surface area contributed by atoms with Gasteiger partial charge in [-0.05, 0) is 24.6 Å². The quantitative estimate of drug-likeness (QED) is 0.757. The van der Waals surface area contributed by atoms with E-state index in [0.717, 1.165) is 13.0 Å². The Morgan fingerprint density at radius 3 is 2.95 bits per heavy atom. The van der Waals surface area contributed by atoms with Crippen molar-refractivity contribution >= 4 is 5.91 Å². The van der Waals surface area contributed by atoms with Gasteiger partial charge in [0.25, 0.3) is 0 Å². The number of nitrogens with zero attached hydrogens (tertiary/aromatic N) is 2. The summed E-state index contributed by atoms with van der Waals surface area (Å²) in [6, 6.07) is 8.00. The molecule has 21 heavy (non-hydrogen) atoms. The fourth-order valence-electron chi connectivity index (χ4n) is 1.81. The molecule has 1 heterocycles. The minimum Gasteiger partial charge on any atom is -0.490 e. The number of aryl methyl sites for hydroxylation is 1. The molecule has 1 aromatic heterocycles. The largest absolute Gasteiger partial charge is 0.490 e. The molecule has 0 bridgehead atoms. The summed E-state index contributed by atoms with van der Waals surface area (Å²) in [5.41, 5.74) is 0. The van der Waals surface area contributed by atoms with E-state index in [0.29, 0.717) is 6.54 Å². The Bertz CT molecular complexity index is 558. The summed E-state index contributed by atoms with van der Waals surface area (Å²) in [5.74, 6) is -0.354. The number of carbonyl (C=O) groups is 1. The van der Waals surface area contributed by atoms with Crippen molar-refractivity contribution in [1.29, 1.82) is 0 Å². The first kappa shape index (κ1) is 15.0. The summed E-state index contributed by atoms with van der Waals surface area (Å²) in [6.07, 6.45) is 4.61. The third kappa shape index (κ3) is 5.25. The van der Waals surface area contributed by atoms with Crippen LogP contribution in [0.5, 0.6) is 5.75 Å². The molecule has 0 aliphatic carbocycles. The molecule has 1 aromatic carbocycles. The average molecular weight is 291 g/mol. The maximum atomic E-state index is 13.3. The molecular weight excluding hydrogens is 273 g/mol. The third-order valence-corrected chi connectivity index (χ3v) is 2.87. The minimum absolute atomic E-state index is 0.105. The van der Waals surface area contributed by atoms with E-state index in [1.54, 1.807) is 18.3 Å². The molecule has 0 atom stereocenters. The molecule has 0 aliphatic heterocycles. The lowest BCUT2D eigenvalue weighted by molar-refractivity contribution is -0.121. The van der Waals surface area contributed by atoms with Gasteiger partial charge in [0.15, 0.2) is 11.6 Å². The zero-order valence-electron chi connectivity index (χ0n) is 11.7. The van der Waals surface area contributed by atoms with E-state index in [1.165, 1.54) is 12.1 Å². The smallest absolute Gasteiger partial charge is 0.223 e. The van der Waals surface area contributed by atoms with Gasteiger partial charge >= 0.3 is 0 Å². The second kappa shape index (κ2) is 8.04. The number of carbonyl (C=O) groups excluding carboxylic acids is 1. The molecular formula is C15H18FN3O2. The van der Waals surface area contributed by atoms with Gasteiger partial charge in [0.2, 0.25) is 5.91 Å². The molecule has 112 valence electrons. The molecule has 2 rings (SSSR count). The molecule has 5 nitrogen and oxygen atoms in total. The number of amides is 1. The Labute approximate surface area is 122 Å². The van der Waals surface area contributed by atoms with Crippen molar-refractivity contribution in [3.05, 3.63) is 48.5 Å². The van der Waals surface area contributed by atoms with Gasteiger partial charge in [0.1, 0.15) is 0 Å². The number of rotatable bonds is 8. The Morgan fingerprint density at radius 2 is 2.19 bits per heavy atom. The standard InChI is InChI=1S/C15H18FN3O2/c16-13-5-1-2-6-14(13)21-12-7-15(20)17-8-3-10-19-11-4-9-18-19/h1-2,4-6,9,11H,3,7-8,10,12H2,(H,17,20). The van der Waals surface area contributed by atoms with Gasteiger partial charge in [0, 0.05) is 25.5 Å². The number of halogens is 1. The number of para-hydroxylation sites is 1. The number of hydrogen-bond acceptors (Lipinski definition) is 3. The van der Waals surface area contributed by atoms with Crippen molar-refractivity contribution in [2.24, 2.45) is 0 Å². The van der Waals surface area contributed by atoms with E-state index in [2.05, 4.69) is 10.4 Å². The van der Waals surface area contributed by atoms with Crippen LogP contribution in [0.3, 0.4) is 0 Å². The van der Waals surface area contributed by atoms with Crippen molar-refractivity contribution in [1.82, 2.24) is 15.1 Å². The van der Waals surface area contributed by atoms with Crippen LogP contribution < -0.4 is 10.1 Å². The van der Waals surface area contributed by atoms with Gasteiger partial charge in [-0.3, -0.25) is 9.48 Å². The van der Waals surface area contributed by atoms with E-state index in [9.17, 15) is 9.18 Å². The number of aromatic nitrogens is 2. The number of benzene rings is 1. The predicted molar refractivity (Wildman–Crippen MR) is 76.4 cm³/mol. The van der Waals surface area contributed by atoms with Crippen LogP contribution in [0.4, 0.5) is 4.39 Å². The summed E-state index contributed by atoms with van der Waals surface area (Å²) < 4.78 is 20.3. The first-order valence-electron chi connectivity index (χ1n) is 6.87. The molecule has 2 aromatic rings. The van der Waals surface area contributed by atoms with E-state index in [-0.39, 0.29) is 24.7 Å². The first-order chi connectivity index (χ1) is 10.3. The van der Waals surface area contributed by atoms with Crippen molar-refractivity contribution < 1.29 is 13.9 Å². The van der Waals surface area contributed by atoms with Gasteiger partial charge in [-0.1, -0.05) is 12.1 Å². The van der Waals surface area contributed by atoms with Crippen molar-refractivity contribution in [3.63, 3.8) is 0 Å². The van der Waals surface area contributed by atoms with Crippen molar-refractivity contribution in [2.45, 2.75) is 19.4 Å². The SMILES string of the molecule is O=C(CCOc1ccccc1F)NCCCn1cccn1. The highest BCUT2D eigenvalue weighted by atomic mass is 19.1. The van der Waals surface area contributed by atoms with Crippen LogP contribution in [0, 0.1) is 5.82 Å². The first-order valence-corrected chi connectivity index (χ1v) is 6.87. The highest BCUT2D eigenvalue weighted by Crippen LogP contribution is 2.15. The Morgan fingerprint density at radius 1 is 1.33 bits per heavy atom. The summed E-state index contributed by atoms with van der Waals surface area (Å²) in [7, 11) is 0. The molecule has 1 N–H and O–H groups in total. The molecule has 0 spiro atoms. The molecule has 0 saturated heterocycles. The Hall–Kier alpha value is -2.37. The van der Waals surface area contributed by atoms with E-state index < -0.39 is 5.82 Å². The van der Waals surface area contributed by atoms with Gasteiger partial charge < -0.3 is 10.1 Å². The number of ether oxygens (including phenoxy) is 1. The third-order valence-electron chi connectivity index (χ3n) is 2.87. The molecule has 0 fully saturated rings. The Balaban J connectivity index is 1.56. The van der Waals surface area contributed by atoms with Crippen LogP contribution in [-0.2, 0) is 11.3 Å². The van der Waals surface area contributed by atoms with E-state index in [4.69, 9.17) is 4.74 Å². The Kier molecular flexibility index (Phi) is 5.75. The van der Waals surface area contributed by atoms with Gasteiger partial charge in [-0.25, -0.2) is 4.39 Å². The van der Waals surface area contributed by atoms with E-state index in [1.807, 2.05) is 16.9 Å². The minimum atomic E-state index is -0.419. The lowest BCUT2D eigenvalue weighted by atomic mass is 10.3. The van der Waals surface area contributed by atoms with Crippen LogP contribution in [-0.4, -0.2) is 28.8 Å². The van der Waals surface area contributed by atoms with Gasteiger partial charge in [-0.15, -0.1) is 0 Å². The fourth-order valence-corrected chi connectivity index (χ4v) is 1.81. The van der Waals surface area contributed by atoms with Gasteiger partial charge in [-0.2, -0.15) is 5.10 Å². The normalized spacial score (nSPS) is 10.3. The summed E-state index contributed by atoms with van der Waals surface area (Å²) in [4.78, 5) is 11.6. The number of nitrogens with one attached hydrogen (secondary N) is 1. The fraction of sp³-hybridized carbons (Fsp3) is 0.333. The molecule has 0 aliphatic rings. The van der Waals surface area contributed by atoms with Crippen LogP contribution in [0.25, 0.3) is 0 Å².